The second kappa shape index (κ2) is 8.93. The molecule has 1 aliphatic rings. The lowest BCUT2D eigenvalue weighted by molar-refractivity contribution is 0.186. The molecule has 0 unspecified atom stereocenters. The van der Waals surface area contributed by atoms with Crippen LogP contribution in [0.3, 0.4) is 0 Å². The largest absolute Gasteiger partial charge is 0.383 e. The molecule has 0 aliphatic carbocycles. The van der Waals surface area contributed by atoms with Crippen LogP contribution < -0.4 is 5.32 Å². The van der Waals surface area contributed by atoms with Crippen molar-refractivity contribution in [2.45, 2.75) is 39.0 Å². The molecule has 156 valence electrons. The number of nitrogens with one attached hydrogen (secondary N) is 1. The summed E-state index contributed by atoms with van der Waals surface area (Å²) in [5.74, 6) is 0. The first-order valence-electron chi connectivity index (χ1n) is 10.1. The van der Waals surface area contributed by atoms with Crippen LogP contribution in [0.25, 0.3) is 0 Å². The highest BCUT2D eigenvalue weighted by atomic mass is 32.1. The van der Waals surface area contributed by atoms with Gasteiger partial charge >= 0.3 is 0 Å². The van der Waals surface area contributed by atoms with Crippen molar-refractivity contribution >= 4 is 17.3 Å². The lowest BCUT2D eigenvalue weighted by Crippen LogP contribution is -2.29. The number of methoxy groups -OCH3 is 1. The molecule has 3 aromatic rings. The molecule has 2 atom stereocenters. The first-order valence-corrected chi connectivity index (χ1v) is 10.5. The zero-order valence-corrected chi connectivity index (χ0v) is 18.4. The molecule has 1 N–H and O–H groups in total. The Hall–Kier alpha value is -2.77. The zero-order chi connectivity index (χ0) is 21.1. The first kappa shape index (κ1) is 20.5. The van der Waals surface area contributed by atoms with Crippen molar-refractivity contribution in [3.8, 4) is 0 Å². The summed E-state index contributed by atoms with van der Waals surface area (Å²) < 4.78 is 7.63. The quantitative estimate of drug-likeness (QED) is 0.587. The summed E-state index contributed by atoms with van der Waals surface area (Å²) in [5.41, 5.74) is 5.83. The molecule has 4 heterocycles. The maximum absolute atomic E-state index is 5.79. The van der Waals surface area contributed by atoms with Crippen LogP contribution >= 0.6 is 12.2 Å². The van der Waals surface area contributed by atoms with Crippen molar-refractivity contribution in [3.05, 3.63) is 83.2 Å². The van der Waals surface area contributed by atoms with E-state index in [1.807, 2.05) is 30.6 Å². The molecule has 4 rings (SSSR count). The number of hydrogen-bond acceptors (Lipinski definition) is 4. The van der Waals surface area contributed by atoms with Crippen LogP contribution in [0, 0.1) is 13.8 Å². The van der Waals surface area contributed by atoms with Gasteiger partial charge in [-0.15, -0.1) is 0 Å². The molecule has 0 amide bonds. The van der Waals surface area contributed by atoms with E-state index in [0.717, 1.165) is 22.9 Å². The Balaban J connectivity index is 1.76. The summed E-state index contributed by atoms with van der Waals surface area (Å²) in [5, 5.41) is 4.27. The summed E-state index contributed by atoms with van der Waals surface area (Å²) in [7, 11) is 1.74. The van der Waals surface area contributed by atoms with Gasteiger partial charge in [-0.1, -0.05) is 12.1 Å². The predicted octanol–water partition coefficient (Wildman–Crippen LogP) is 3.71. The number of pyridine rings is 2. The van der Waals surface area contributed by atoms with Crippen molar-refractivity contribution in [3.63, 3.8) is 0 Å². The van der Waals surface area contributed by atoms with Crippen LogP contribution in [0.5, 0.6) is 0 Å². The molecule has 0 bridgehead atoms. The fourth-order valence-electron chi connectivity index (χ4n) is 4.26. The second-order valence-corrected chi connectivity index (χ2v) is 7.97. The van der Waals surface area contributed by atoms with Crippen molar-refractivity contribution in [2.75, 3.05) is 13.7 Å². The van der Waals surface area contributed by atoms with Crippen molar-refractivity contribution in [1.82, 2.24) is 24.8 Å². The summed E-state index contributed by atoms with van der Waals surface area (Å²) in [6, 6.07) is 12.4. The Morgan fingerprint density at radius 3 is 2.73 bits per heavy atom. The average molecular weight is 422 g/mol. The summed E-state index contributed by atoms with van der Waals surface area (Å²) in [4.78, 5) is 11.2. The van der Waals surface area contributed by atoms with E-state index in [1.165, 1.54) is 17.0 Å². The third-order valence-corrected chi connectivity index (χ3v) is 6.08. The number of nitrogens with zero attached hydrogens (tertiary/aromatic N) is 4. The molecule has 1 fully saturated rings. The Morgan fingerprint density at radius 1 is 1.17 bits per heavy atom. The molecular weight excluding hydrogens is 394 g/mol. The highest BCUT2D eigenvalue weighted by Crippen LogP contribution is 2.41. The van der Waals surface area contributed by atoms with Gasteiger partial charge in [-0.3, -0.25) is 9.97 Å². The van der Waals surface area contributed by atoms with E-state index in [0.29, 0.717) is 13.2 Å². The molecule has 0 spiro atoms. The number of ether oxygens (including phenoxy) is 1. The lowest BCUT2D eigenvalue weighted by atomic mass is 9.96. The van der Waals surface area contributed by atoms with Crippen LogP contribution in [0.2, 0.25) is 0 Å². The highest BCUT2D eigenvalue weighted by molar-refractivity contribution is 7.80. The summed E-state index contributed by atoms with van der Waals surface area (Å²) in [6.45, 7) is 6.52. The molecule has 30 heavy (non-hydrogen) atoms. The van der Waals surface area contributed by atoms with Gasteiger partial charge in [0.15, 0.2) is 5.11 Å². The average Bonchev–Trinajstić information content (AvgIpc) is 3.23. The number of aryl methyl sites for hydroxylation is 1. The third-order valence-electron chi connectivity index (χ3n) is 5.72. The molecule has 0 aromatic carbocycles. The predicted molar refractivity (Wildman–Crippen MR) is 121 cm³/mol. The Kier molecular flexibility index (Phi) is 6.11. The van der Waals surface area contributed by atoms with Gasteiger partial charge in [0, 0.05) is 50.2 Å². The highest BCUT2D eigenvalue weighted by Gasteiger charge is 2.41. The van der Waals surface area contributed by atoms with E-state index >= 15 is 0 Å². The van der Waals surface area contributed by atoms with E-state index in [2.05, 4.69) is 56.8 Å². The summed E-state index contributed by atoms with van der Waals surface area (Å²) in [6.07, 6.45) is 5.53. The second-order valence-electron chi connectivity index (χ2n) is 7.59. The fraction of sp³-hybridized carbons (Fsp3) is 0.348. The van der Waals surface area contributed by atoms with E-state index in [9.17, 15) is 0 Å². The Bertz CT molecular complexity index is 1010. The van der Waals surface area contributed by atoms with Gasteiger partial charge in [-0.25, -0.2) is 0 Å². The van der Waals surface area contributed by atoms with E-state index < -0.39 is 0 Å². The SMILES string of the molecule is COCCn1c(C)cc([C@H]2[C@@H](c3ccccn3)NC(=S)N2Cc2cccnc2)c1C. The maximum atomic E-state index is 5.79. The standard InChI is InChI=1S/C23H27N5OS/c1-16-13-19(17(2)27(16)11-12-29-3)22-21(20-8-4-5-10-25-20)26-23(30)28(22)15-18-7-6-9-24-14-18/h4-10,13-14,21-22H,11-12,15H2,1-3H3,(H,26,30)/t21-,22+/m1/s1. The molecule has 6 nitrogen and oxygen atoms in total. The van der Waals surface area contributed by atoms with Gasteiger partial charge in [0.1, 0.15) is 0 Å². The summed E-state index contributed by atoms with van der Waals surface area (Å²) >= 11 is 5.79. The normalized spacial score (nSPS) is 18.6. The topological polar surface area (TPSA) is 55.2 Å². The van der Waals surface area contributed by atoms with Gasteiger partial charge in [0.05, 0.1) is 24.4 Å². The number of thiocarbonyl (C=S) groups is 1. The minimum absolute atomic E-state index is 0.0215. The molecule has 1 saturated heterocycles. The monoisotopic (exact) mass is 421 g/mol. The Labute approximate surface area is 182 Å². The fourth-order valence-corrected chi connectivity index (χ4v) is 4.56. The zero-order valence-electron chi connectivity index (χ0n) is 17.6. The van der Waals surface area contributed by atoms with E-state index in [4.69, 9.17) is 17.0 Å². The van der Waals surface area contributed by atoms with Gasteiger partial charge in [0.2, 0.25) is 0 Å². The minimum atomic E-state index is -0.0215. The molecule has 1 aliphatic heterocycles. The smallest absolute Gasteiger partial charge is 0.170 e. The van der Waals surface area contributed by atoms with Crippen molar-refractivity contribution in [1.29, 1.82) is 0 Å². The van der Waals surface area contributed by atoms with Crippen LogP contribution in [-0.2, 0) is 17.8 Å². The Morgan fingerprint density at radius 2 is 2.03 bits per heavy atom. The van der Waals surface area contributed by atoms with Gasteiger partial charge in [-0.05, 0) is 61.5 Å². The van der Waals surface area contributed by atoms with Crippen LogP contribution in [-0.4, -0.2) is 38.3 Å². The van der Waals surface area contributed by atoms with Crippen molar-refractivity contribution < 1.29 is 4.74 Å². The number of hydrogen-bond donors (Lipinski definition) is 1. The number of rotatable bonds is 7. The molecule has 3 aromatic heterocycles. The first-order chi connectivity index (χ1) is 14.6. The van der Waals surface area contributed by atoms with E-state index in [-0.39, 0.29) is 12.1 Å². The van der Waals surface area contributed by atoms with Crippen LogP contribution in [0.1, 0.15) is 40.3 Å². The van der Waals surface area contributed by atoms with Crippen LogP contribution in [0.4, 0.5) is 0 Å². The van der Waals surface area contributed by atoms with Crippen molar-refractivity contribution in [2.24, 2.45) is 0 Å². The molecular formula is C23H27N5OS. The van der Waals surface area contributed by atoms with Crippen LogP contribution in [0.15, 0.2) is 55.0 Å². The number of aromatic nitrogens is 3. The van der Waals surface area contributed by atoms with Gasteiger partial charge in [0.25, 0.3) is 0 Å². The third kappa shape index (κ3) is 3.95. The lowest BCUT2D eigenvalue weighted by Gasteiger charge is -2.28. The minimum Gasteiger partial charge on any atom is -0.383 e. The molecule has 0 saturated carbocycles. The van der Waals surface area contributed by atoms with Gasteiger partial charge < -0.3 is 19.5 Å². The van der Waals surface area contributed by atoms with E-state index in [1.54, 1.807) is 13.3 Å². The molecule has 0 radical (unpaired) electrons. The molecule has 7 heteroatoms. The maximum Gasteiger partial charge on any atom is 0.170 e. The van der Waals surface area contributed by atoms with Gasteiger partial charge in [-0.2, -0.15) is 0 Å².